The van der Waals surface area contributed by atoms with Crippen molar-refractivity contribution in [1.82, 2.24) is 0 Å². The first kappa shape index (κ1) is 24.2. The molecule has 122 valence electrons. The van der Waals surface area contributed by atoms with E-state index in [0.717, 1.165) is 12.8 Å². The molecule has 0 atom stereocenters. The Balaban J connectivity index is -0.000000312. The molecule has 0 aromatic heterocycles. The molecule has 0 bridgehead atoms. The second-order valence-corrected chi connectivity index (χ2v) is 4.55. The van der Waals surface area contributed by atoms with Crippen LogP contribution in [0.1, 0.15) is 71.1 Å². The molecule has 0 spiro atoms. The fourth-order valence-corrected chi connectivity index (χ4v) is 1.49. The Labute approximate surface area is 128 Å². The highest BCUT2D eigenvalue weighted by atomic mass is 35.5. The van der Waals surface area contributed by atoms with Crippen LogP contribution in [0, 0.1) is 0 Å². The van der Waals surface area contributed by atoms with E-state index < -0.39 is 11.9 Å². The van der Waals surface area contributed by atoms with Crippen LogP contribution in [0.4, 0.5) is 0 Å². The number of halogens is 1. The molecule has 0 aliphatic carbocycles. The average molecular weight is 312 g/mol. The third-order valence-electron chi connectivity index (χ3n) is 2.59. The van der Waals surface area contributed by atoms with Crippen LogP contribution in [0.15, 0.2) is 0 Å². The van der Waals surface area contributed by atoms with Crippen molar-refractivity contribution in [2.75, 3.05) is 6.54 Å². The number of carboxylic acids is 2. The average Bonchev–Trinajstić information content (AvgIpc) is 2.35. The second kappa shape index (κ2) is 20.5. The zero-order chi connectivity index (χ0) is 14.9. The Kier molecular flexibility index (Phi) is 24.8. The number of hydrogen-bond donors (Lipinski definition) is 3. The number of rotatable bonds is 11. The van der Waals surface area contributed by atoms with Gasteiger partial charge in [-0.15, -0.1) is 12.4 Å². The predicted molar refractivity (Wildman–Crippen MR) is 83.4 cm³/mol. The van der Waals surface area contributed by atoms with Gasteiger partial charge in [-0.3, -0.25) is 9.59 Å². The quantitative estimate of drug-likeness (QED) is 0.507. The van der Waals surface area contributed by atoms with Crippen molar-refractivity contribution in [3.05, 3.63) is 0 Å². The molecule has 0 aliphatic heterocycles. The van der Waals surface area contributed by atoms with Crippen LogP contribution in [-0.4, -0.2) is 28.7 Å². The number of unbranched alkanes of at least 4 members (excludes halogenated alkanes) is 6. The zero-order valence-corrected chi connectivity index (χ0v) is 13.3. The SMILES string of the molecule is CCCCCCCCCC(=O)O.Cl.NCCCC(=O)O. The highest BCUT2D eigenvalue weighted by Gasteiger charge is 1.95. The molecule has 20 heavy (non-hydrogen) atoms. The maximum atomic E-state index is 10.1. The van der Waals surface area contributed by atoms with E-state index in [9.17, 15) is 9.59 Å². The molecule has 0 fully saturated rings. The summed E-state index contributed by atoms with van der Waals surface area (Å²) in [6.07, 6.45) is 9.41. The van der Waals surface area contributed by atoms with Gasteiger partial charge < -0.3 is 15.9 Å². The maximum Gasteiger partial charge on any atom is 0.303 e. The molecular weight excluding hydrogens is 282 g/mol. The first-order valence-electron chi connectivity index (χ1n) is 7.18. The molecule has 0 saturated carbocycles. The zero-order valence-electron chi connectivity index (χ0n) is 12.5. The highest BCUT2D eigenvalue weighted by Crippen LogP contribution is 2.07. The van der Waals surface area contributed by atoms with Crippen LogP contribution in [-0.2, 0) is 9.59 Å². The summed E-state index contributed by atoms with van der Waals surface area (Å²) in [7, 11) is 0. The lowest BCUT2D eigenvalue weighted by atomic mass is 10.1. The smallest absolute Gasteiger partial charge is 0.303 e. The summed E-state index contributed by atoms with van der Waals surface area (Å²) in [5.41, 5.74) is 5.01. The summed E-state index contributed by atoms with van der Waals surface area (Å²) in [6.45, 7) is 2.66. The molecule has 6 heteroatoms. The number of carbonyl (C=O) groups is 2. The van der Waals surface area contributed by atoms with Gasteiger partial charge in [-0.05, 0) is 19.4 Å². The summed E-state index contributed by atoms with van der Waals surface area (Å²) in [4.78, 5) is 19.8. The van der Waals surface area contributed by atoms with E-state index in [1.165, 1.54) is 32.1 Å². The van der Waals surface area contributed by atoms with Crippen molar-refractivity contribution in [2.45, 2.75) is 71.1 Å². The van der Waals surface area contributed by atoms with Gasteiger partial charge in [0.15, 0.2) is 0 Å². The minimum Gasteiger partial charge on any atom is -0.481 e. The van der Waals surface area contributed by atoms with Crippen molar-refractivity contribution in [3.63, 3.8) is 0 Å². The fraction of sp³-hybridized carbons (Fsp3) is 0.857. The summed E-state index contributed by atoms with van der Waals surface area (Å²) in [6, 6.07) is 0. The third kappa shape index (κ3) is 30.3. The molecule has 5 nitrogen and oxygen atoms in total. The van der Waals surface area contributed by atoms with E-state index in [1.807, 2.05) is 0 Å². The lowest BCUT2D eigenvalue weighted by Crippen LogP contribution is -2.02. The number of carboxylic acid groups (broad SMARTS) is 2. The molecule has 0 aromatic rings. The molecule has 0 aliphatic rings. The topological polar surface area (TPSA) is 101 Å². The maximum absolute atomic E-state index is 10.1. The van der Waals surface area contributed by atoms with Crippen LogP contribution in [0.5, 0.6) is 0 Å². The van der Waals surface area contributed by atoms with Crippen LogP contribution in [0.2, 0.25) is 0 Å². The summed E-state index contributed by atoms with van der Waals surface area (Å²) >= 11 is 0. The van der Waals surface area contributed by atoms with Crippen molar-refractivity contribution >= 4 is 24.3 Å². The highest BCUT2D eigenvalue weighted by molar-refractivity contribution is 5.85. The van der Waals surface area contributed by atoms with Gasteiger partial charge in [0.1, 0.15) is 0 Å². The number of aliphatic carboxylic acids is 2. The molecule has 4 N–H and O–H groups in total. The minimum absolute atomic E-state index is 0. The molecule has 0 unspecified atom stereocenters. The Hall–Kier alpha value is -0.810. The fourth-order valence-electron chi connectivity index (χ4n) is 1.49. The molecule has 0 heterocycles. The van der Waals surface area contributed by atoms with Gasteiger partial charge in [0, 0.05) is 12.8 Å². The van der Waals surface area contributed by atoms with E-state index in [1.54, 1.807) is 0 Å². The van der Waals surface area contributed by atoms with Gasteiger partial charge in [0.05, 0.1) is 0 Å². The van der Waals surface area contributed by atoms with Crippen LogP contribution in [0.25, 0.3) is 0 Å². The first-order chi connectivity index (χ1) is 9.04. The molecule has 0 rings (SSSR count). The van der Waals surface area contributed by atoms with Crippen LogP contribution < -0.4 is 5.73 Å². The molecular formula is C14H30ClNO4. The lowest BCUT2D eigenvalue weighted by molar-refractivity contribution is -0.138. The minimum atomic E-state index is -0.773. The van der Waals surface area contributed by atoms with Gasteiger partial charge >= 0.3 is 11.9 Å². The predicted octanol–water partition coefficient (Wildman–Crippen LogP) is 3.44. The van der Waals surface area contributed by atoms with Gasteiger partial charge in [0.25, 0.3) is 0 Å². The number of hydrogen-bond acceptors (Lipinski definition) is 3. The second-order valence-electron chi connectivity index (χ2n) is 4.55. The molecule has 0 amide bonds. The Bertz CT molecular complexity index is 225. The van der Waals surface area contributed by atoms with Gasteiger partial charge in [-0.1, -0.05) is 45.4 Å². The Morgan fingerprint density at radius 3 is 1.55 bits per heavy atom. The van der Waals surface area contributed by atoms with Gasteiger partial charge in [-0.2, -0.15) is 0 Å². The van der Waals surface area contributed by atoms with Crippen molar-refractivity contribution in [1.29, 1.82) is 0 Å². The van der Waals surface area contributed by atoms with Crippen molar-refractivity contribution in [2.24, 2.45) is 5.73 Å². The third-order valence-corrected chi connectivity index (χ3v) is 2.59. The molecule has 0 radical (unpaired) electrons. The monoisotopic (exact) mass is 311 g/mol. The van der Waals surface area contributed by atoms with Gasteiger partial charge in [0.2, 0.25) is 0 Å². The van der Waals surface area contributed by atoms with Gasteiger partial charge in [-0.25, -0.2) is 0 Å². The normalized spacial score (nSPS) is 9.10. The van der Waals surface area contributed by atoms with E-state index in [0.29, 0.717) is 19.4 Å². The largest absolute Gasteiger partial charge is 0.481 e. The van der Waals surface area contributed by atoms with Crippen molar-refractivity contribution in [3.8, 4) is 0 Å². The van der Waals surface area contributed by atoms with Crippen LogP contribution >= 0.6 is 12.4 Å². The van der Waals surface area contributed by atoms with E-state index in [4.69, 9.17) is 15.9 Å². The standard InChI is InChI=1S/C10H20O2.C4H9NO2.ClH/c1-2-3-4-5-6-7-8-9-10(11)12;5-3-1-2-4(6)7;/h2-9H2,1H3,(H,11,12);1-3,5H2,(H,6,7);1H. The summed E-state index contributed by atoms with van der Waals surface area (Å²) in [5.74, 6) is -1.44. The molecule has 0 saturated heterocycles. The van der Waals surface area contributed by atoms with Crippen LogP contribution in [0.3, 0.4) is 0 Å². The summed E-state index contributed by atoms with van der Waals surface area (Å²) < 4.78 is 0. The Morgan fingerprint density at radius 2 is 1.20 bits per heavy atom. The number of nitrogens with two attached hydrogens (primary N) is 1. The van der Waals surface area contributed by atoms with E-state index >= 15 is 0 Å². The first-order valence-corrected chi connectivity index (χ1v) is 7.18. The lowest BCUT2D eigenvalue weighted by Gasteiger charge is -1.98. The summed E-state index contributed by atoms with van der Waals surface area (Å²) in [5, 5.41) is 16.3. The van der Waals surface area contributed by atoms with E-state index in [-0.39, 0.29) is 18.8 Å². The Morgan fingerprint density at radius 1 is 0.800 bits per heavy atom. The molecule has 0 aromatic carbocycles. The van der Waals surface area contributed by atoms with Crippen molar-refractivity contribution < 1.29 is 19.8 Å². The van der Waals surface area contributed by atoms with E-state index in [2.05, 4.69) is 6.92 Å².